The van der Waals surface area contributed by atoms with Crippen molar-refractivity contribution in [3.05, 3.63) is 21.9 Å². The molecule has 1 aliphatic rings. The number of hydrogen-bond donors (Lipinski definition) is 1. The molecule has 0 saturated carbocycles. The quantitative estimate of drug-likeness (QED) is 0.688. The summed E-state index contributed by atoms with van der Waals surface area (Å²) in [5, 5.41) is 2.11. The molecule has 0 aliphatic carbocycles. The molecule has 1 aromatic heterocycles. The summed E-state index contributed by atoms with van der Waals surface area (Å²) in [6, 6.07) is 2.12. The highest BCUT2D eigenvalue weighted by molar-refractivity contribution is 7.10. The zero-order chi connectivity index (χ0) is 7.68. The average molecular weight is 169 g/mol. The van der Waals surface area contributed by atoms with E-state index >= 15 is 0 Å². The summed E-state index contributed by atoms with van der Waals surface area (Å²) in [5.41, 5.74) is 6.87. The minimum Gasteiger partial charge on any atom is -0.372 e. The molecule has 0 radical (unpaired) electrons. The number of rotatable bonds is 1. The number of ether oxygens (including phenoxy) is 1. The van der Waals surface area contributed by atoms with Crippen molar-refractivity contribution >= 4 is 11.3 Å². The maximum absolute atomic E-state index is 5.56. The second-order valence-corrected chi connectivity index (χ2v) is 3.64. The van der Waals surface area contributed by atoms with Gasteiger partial charge in [-0.1, -0.05) is 0 Å². The molecule has 1 atom stereocenters. The van der Waals surface area contributed by atoms with Crippen molar-refractivity contribution in [1.29, 1.82) is 0 Å². The second-order valence-electron chi connectivity index (χ2n) is 2.64. The van der Waals surface area contributed by atoms with Crippen LogP contribution in [-0.4, -0.2) is 13.2 Å². The Morgan fingerprint density at radius 1 is 1.73 bits per heavy atom. The van der Waals surface area contributed by atoms with Crippen molar-refractivity contribution in [1.82, 2.24) is 0 Å². The molecule has 0 amide bonds. The molecule has 1 aliphatic heterocycles. The van der Waals surface area contributed by atoms with Crippen LogP contribution < -0.4 is 5.73 Å². The van der Waals surface area contributed by atoms with Gasteiger partial charge in [-0.3, -0.25) is 0 Å². The molecule has 2 nitrogen and oxygen atoms in total. The van der Waals surface area contributed by atoms with E-state index in [4.69, 9.17) is 10.5 Å². The third-order valence-corrected chi connectivity index (χ3v) is 2.99. The molecule has 0 unspecified atom stereocenters. The summed E-state index contributed by atoms with van der Waals surface area (Å²) in [5.74, 6) is 0. The largest absolute Gasteiger partial charge is 0.372 e. The van der Waals surface area contributed by atoms with Crippen molar-refractivity contribution in [2.24, 2.45) is 5.73 Å². The van der Waals surface area contributed by atoms with Crippen molar-refractivity contribution < 1.29 is 4.74 Å². The second kappa shape index (κ2) is 2.93. The molecule has 2 rings (SSSR count). The van der Waals surface area contributed by atoms with E-state index in [2.05, 4.69) is 11.4 Å². The molecule has 0 aromatic carbocycles. The van der Waals surface area contributed by atoms with Crippen LogP contribution in [0.1, 0.15) is 16.5 Å². The van der Waals surface area contributed by atoms with Crippen LogP contribution in [0, 0.1) is 0 Å². The van der Waals surface area contributed by atoms with E-state index < -0.39 is 0 Å². The van der Waals surface area contributed by atoms with Crippen molar-refractivity contribution in [3.63, 3.8) is 0 Å². The van der Waals surface area contributed by atoms with Gasteiger partial charge in [0.25, 0.3) is 0 Å². The van der Waals surface area contributed by atoms with Gasteiger partial charge in [0.05, 0.1) is 12.7 Å². The summed E-state index contributed by atoms with van der Waals surface area (Å²) < 4.78 is 5.49. The molecule has 0 spiro atoms. The van der Waals surface area contributed by atoms with Gasteiger partial charge in [-0.15, -0.1) is 11.3 Å². The minimum atomic E-state index is 0.157. The van der Waals surface area contributed by atoms with Crippen LogP contribution in [0.2, 0.25) is 0 Å². The van der Waals surface area contributed by atoms with Gasteiger partial charge in [-0.25, -0.2) is 0 Å². The van der Waals surface area contributed by atoms with E-state index in [1.54, 1.807) is 0 Å². The SMILES string of the molecule is NC[C@H]1OCCc2sccc21. The Hall–Kier alpha value is -0.380. The maximum Gasteiger partial charge on any atom is 0.0957 e. The van der Waals surface area contributed by atoms with Gasteiger partial charge in [-0.05, 0) is 17.0 Å². The molecule has 1 aromatic rings. The molecule has 2 heterocycles. The summed E-state index contributed by atoms with van der Waals surface area (Å²) in [7, 11) is 0. The fraction of sp³-hybridized carbons (Fsp3) is 0.500. The van der Waals surface area contributed by atoms with Crippen molar-refractivity contribution in [2.45, 2.75) is 12.5 Å². The predicted molar refractivity (Wildman–Crippen MR) is 45.8 cm³/mol. The Morgan fingerprint density at radius 3 is 3.45 bits per heavy atom. The van der Waals surface area contributed by atoms with Crippen LogP contribution in [0.5, 0.6) is 0 Å². The predicted octanol–water partition coefficient (Wildman–Crippen LogP) is 1.32. The lowest BCUT2D eigenvalue weighted by molar-refractivity contribution is 0.0498. The highest BCUT2D eigenvalue weighted by Crippen LogP contribution is 2.29. The fourth-order valence-electron chi connectivity index (χ4n) is 1.42. The Kier molecular flexibility index (Phi) is 1.94. The van der Waals surface area contributed by atoms with Crippen molar-refractivity contribution in [3.8, 4) is 0 Å². The molecule has 0 fully saturated rings. The smallest absolute Gasteiger partial charge is 0.0957 e. The number of hydrogen-bond acceptors (Lipinski definition) is 3. The normalized spacial score (nSPS) is 23.2. The highest BCUT2D eigenvalue weighted by atomic mass is 32.1. The van der Waals surface area contributed by atoms with E-state index in [1.165, 1.54) is 10.4 Å². The van der Waals surface area contributed by atoms with E-state index in [0.29, 0.717) is 6.54 Å². The summed E-state index contributed by atoms with van der Waals surface area (Å²) in [4.78, 5) is 1.45. The summed E-state index contributed by atoms with van der Waals surface area (Å²) in [6.45, 7) is 1.43. The molecule has 0 bridgehead atoms. The van der Waals surface area contributed by atoms with Gasteiger partial charge < -0.3 is 10.5 Å². The topological polar surface area (TPSA) is 35.2 Å². The molecule has 2 N–H and O–H groups in total. The Bertz CT molecular complexity index is 246. The van der Waals surface area contributed by atoms with Crippen molar-refractivity contribution in [2.75, 3.05) is 13.2 Å². The minimum absolute atomic E-state index is 0.157. The van der Waals surface area contributed by atoms with E-state index in [-0.39, 0.29) is 6.10 Å². The van der Waals surface area contributed by atoms with Crippen LogP contribution in [0.25, 0.3) is 0 Å². The standard InChI is InChI=1S/C8H11NOS/c9-5-7-6-2-4-11-8(6)1-3-10-7/h2,4,7H,1,3,5,9H2/t7-/m1/s1. The van der Waals surface area contributed by atoms with Gasteiger partial charge >= 0.3 is 0 Å². The van der Waals surface area contributed by atoms with Gasteiger partial charge in [0, 0.05) is 17.8 Å². The zero-order valence-corrected chi connectivity index (χ0v) is 7.06. The molecule has 11 heavy (non-hydrogen) atoms. The van der Waals surface area contributed by atoms with Gasteiger partial charge in [0.1, 0.15) is 0 Å². The summed E-state index contributed by atoms with van der Waals surface area (Å²) >= 11 is 1.81. The van der Waals surface area contributed by atoms with Crippen LogP contribution >= 0.6 is 11.3 Å². The van der Waals surface area contributed by atoms with Gasteiger partial charge in [0.2, 0.25) is 0 Å². The monoisotopic (exact) mass is 169 g/mol. The molecular weight excluding hydrogens is 158 g/mol. The highest BCUT2D eigenvalue weighted by Gasteiger charge is 2.19. The van der Waals surface area contributed by atoms with Gasteiger partial charge in [0.15, 0.2) is 0 Å². The first-order chi connectivity index (χ1) is 5.42. The Labute approximate surface area is 70.0 Å². The van der Waals surface area contributed by atoms with Gasteiger partial charge in [-0.2, -0.15) is 0 Å². The average Bonchev–Trinajstić information content (AvgIpc) is 2.50. The third-order valence-electron chi connectivity index (χ3n) is 1.99. The molecule has 0 saturated heterocycles. The number of nitrogens with two attached hydrogens (primary N) is 1. The van der Waals surface area contributed by atoms with Crippen LogP contribution in [-0.2, 0) is 11.2 Å². The first kappa shape index (κ1) is 7.28. The van der Waals surface area contributed by atoms with Crippen LogP contribution in [0.3, 0.4) is 0 Å². The number of fused-ring (bicyclic) bond motifs is 1. The first-order valence-electron chi connectivity index (χ1n) is 3.79. The maximum atomic E-state index is 5.56. The van der Waals surface area contributed by atoms with Crippen LogP contribution in [0.15, 0.2) is 11.4 Å². The Morgan fingerprint density at radius 2 is 2.64 bits per heavy atom. The fourth-order valence-corrected chi connectivity index (χ4v) is 2.33. The lowest BCUT2D eigenvalue weighted by atomic mass is 10.1. The van der Waals surface area contributed by atoms with Crippen LogP contribution in [0.4, 0.5) is 0 Å². The van der Waals surface area contributed by atoms with E-state index in [9.17, 15) is 0 Å². The zero-order valence-electron chi connectivity index (χ0n) is 6.25. The molecule has 60 valence electrons. The van der Waals surface area contributed by atoms with E-state index in [1.807, 2.05) is 11.3 Å². The lowest BCUT2D eigenvalue weighted by Gasteiger charge is -2.21. The first-order valence-corrected chi connectivity index (χ1v) is 4.67. The third kappa shape index (κ3) is 1.20. The lowest BCUT2D eigenvalue weighted by Crippen LogP contribution is -2.21. The van der Waals surface area contributed by atoms with E-state index in [0.717, 1.165) is 13.0 Å². The number of thiophene rings is 1. The molecular formula is C8H11NOS. The molecule has 3 heteroatoms. The summed E-state index contributed by atoms with van der Waals surface area (Å²) in [6.07, 6.45) is 1.22. The Balaban J connectivity index is 2.32.